The maximum Gasteiger partial charge on any atom is 0.127 e. The summed E-state index contributed by atoms with van der Waals surface area (Å²) < 4.78 is 10.6. The highest BCUT2D eigenvalue weighted by Crippen LogP contribution is 2.15. The Labute approximate surface area is 137 Å². The molecule has 0 bridgehead atoms. The van der Waals surface area contributed by atoms with Gasteiger partial charge in [-0.05, 0) is 30.7 Å². The summed E-state index contributed by atoms with van der Waals surface area (Å²) in [5.74, 6) is 1.68. The number of hydrogen-bond acceptors (Lipinski definition) is 4. The van der Waals surface area contributed by atoms with E-state index < -0.39 is 0 Å². The second-order valence-electron chi connectivity index (χ2n) is 4.91. The molecular formula is C19H22N2O2. The molecule has 0 saturated heterocycles. The molecule has 0 aliphatic heterocycles. The van der Waals surface area contributed by atoms with Crippen molar-refractivity contribution >= 4 is 12.4 Å². The topological polar surface area (TPSA) is 43.2 Å². The van der Waals surface area contributed by atoms with E-state index in [4.69, 9.17) is 9.47 Å². The highest BCUT2D eigenvalue weighted by atomic mass is 16.5. The maximum absolute atomic E-state index is 5.29. The van der Waals surface area contributed by atoms with E-state index in [1.807, 2.05) is 61.0 Å². The number of aliphatic imine (C=N–C) groups is 2. The van der Waals surface area contributed by atoms with Crippen LogP contribution in [0.1, 0.15) is 17.5 Å². The molecule has 0 fully saturated rings. The lowest BCUT2D eigenvalue weighted by Gasteiger charge is -2.03. The monoisotopic (exact) mass is 310 g/mol. The van der Waals surface area contributed by atoms with Crippen LogP contribution < -0.4 is 9.47 Å². The van der Waals surface area contributed by atoms with E-state index >= 15 is 0 Å². The first-order chi connectivity index (χ1) is 11.3. The van der Waals surface area contributed by atoms with Crippen LogP contribution in [0.15, 0.2) is 58.5 Å². The van der Waals surface area contributed by atoms with Gasteiger partial charge in [-0.15, -0.1) is 0 Å². The van der Waals surface area contributed by atoms with Crippen LogP contribution in [0, 0.1) is 0 Å². The number of ether oxygens (including phenoxy) is 2. The SMILES string of the molecule is COc1ccccc1/C=N\CCC/N=C\c1ccccc1OC. The second-order valence-corrected chi connectivity index (χ2v) is 4.91. The Balaban J connectivity index is 1.77. The molecule has 2 rings (SSSR count). The van der Waals surface area contributed by atoms with Gasteiger partial charge in [0.25, 0.3) is 0 Å². The fraction of sp³-hybridized carbons (Fsp3) is 0.263. The quantitative estimate of drug-likeness (QED) is 0.552. The lowest BCUT2D eigenvalue weighted by Crippen LogP contribution is -1.93. The van der Waals surface area contributed by atoms with E-state index in [0.717, 1.165) is 42.1 Å². The fourth-order valence-electron chi connectivity index (χ4n) is 2.13. The number of methoxy groups -OCH3 is 2. The third-order valence-electron chi connectivity index (χ3n) is 3.31. The summed E-state index contributed by atoms with van der Waals surface area (Å²) in [4.78, 5) is 8.85. The molecule has 4 nitrogen and oxygen atoms in total. The van der Waals surface area contributed by atoms with Gasteiger partial charge in [-0.2, -0.15) is 0 Å². The van der Waals surface area contributed by atoms with Gasteiger partial charge < -0.3 is 9.47 Å². The molecule has 23 heavy (non-hydrogen) atoms. The van der Waals surface area contributed by atoms with Crippen molar-refractivity contribution in [2.45, 2.75) is 6.42 Å². The zero-order valence-corrected chi connectivity index (χ0v) is 13.6. The Hall–Kier alpha value is -2.62. The largest absolute Gasteiger partial charge is 0.496 e. The highest BCUT2D eigenvalue weighted by molar-refractivity contribution is 5.84. The first-order valence-electron chi connectivity index (χ1n) is 7.61. The van der Waals surface area contributed by atoms with Crippen molar-refractivity contribution in [2.75, 3.05) is 27.3 Å². The average molecular weight is 310 g/mol. The maximum atomic E-state index is 5.29. The van der Waals surface area contributed by atoms with Crippen molar-refractivity contribution < 1.29 is 9.47 Å². The lowest BCUT2D eigenvalue weighted by molar-refractivity contribution is 0.414. The molecule has 0 N–H and O–H groups in total. The van der Waals surface area contributed by atoms with Gasteiger partial charge in [-0.3, -0.25) is 9.98 Å². The molecule has 0 saturated carbocycles. The van der Waals surface area contributed by atoms with E-state index in [1.165, 1.54) is 0 Å². The van der Waals surface area contributed by atoms with Gasteiger partial charge in [0, 0.05) is 36.6 Å². The van der Waals surface area contributed by atoms with Crippen LogP contribution in [0.2, 0.25) is 0 Å². The molecule has 0 radical (unpaired) electrons. The number of nitrogens with zero attached hydrogens (tertiary/aromatic N) is 2. The van der Waals surface area contributed by atoms with Gasteiger partial charge in [0.1, 0.15) is 11.5 Å². The Kier molecular flexibility index (Phi) is 6.85. The van der Waals surface area contributed by atoms with Crippen LogP contribution in [0.4, 0.5) is 0 Å². The first-order valence-corrected chi connectivity index (χ1v) is 7.61. The summed E-state index contributed by atoms with van der Waals surface area (Å²) in [6, 6.07) is 15.7. The standard InChI is InChI=1S/C19H22N2O2/c1-22-18-10-5-3-8-16(18)14-20-12-7-13-21-15-17-9-4-6-11-19(17)23-2/h3-6,8-11,14-15H,7,12-13H2,1-2H3/b20-14-,21-15-. The molecular weight excluding hydrogens is 288 g/mol. The van der Waals surface area contributed by atoms with Crippen LogP contribution in [-0.2, 0) is 0 Å². The summed E-state index contributed by atoms with van der Waals surface area (Å²) in [5, 5.41) is 0. The van der Waals surface area contributed by atoms with Crippen molar-refractivity contribution in [3.05, 3.63) is 59.7 Å². The minimum Gasteiger partial charge on any atom is -0.496 e. The third-order valence-corrected chi connectivity index (χ3v) is 3.31. The fourth-order valence-corrected chi connectivity index (χ4v) is 2.13. The molecule has 2 aromatic carbocycles. The van der Waals surface area contributed by atoms with E-state index in [1.54, 1.807) is 14.2 Å². The molecule has 2 aromatic rings. The van der Waals surface area contributed by atoms with Crippen molar-refractivity contribution in [3.8, 4) is 11.5 Å². The zero-order chi connectivity index (χ0) is 16.3. The van der Waals surface area contributed by atoms with Crippen LogP contribution in [0.5, 0.6) is 11.5 Å². The molecule has 0 heterocycles. The molecule has 120 valence electrons. The van der Waals surface area contributed by atoms with Crippen molar-refractivity contribution in [1.82, 2.24) is 0 Å². The van der Waals surface area contributed by atoms with E-state index in [9.17, 15) is 0 Å². The molecule has 0 amide bonds. The number of benzene rings is 2. The van der Waals surface area contributed by atoms with Crippen LogP contribution in [-0.4, -0.2) is 39.7 Å². The predicted octanol–water partition coefficient (Wildman–Crippen LogP) is 3.63. The van der Waals surface area contributed by atoms with Gasteiger partial charge in [-0.1, -0.05) is 24.3 Å². The Bertz CT molecular complexity index is 608. The number of hydrogen-bond donors (Lipinski definition) is 0. The van der Waals surface area contributed by atoms with Gasteiger partial charge >= 0.3 is 0 Å². The lowest BCUT2D eigenvalue weighted by atomic mass is 10.2. The normalized spacial score (nSPS) is 11.2. The summed E-state index contributed by atoms with van der Waals surface area (Å²) in [7, 11) is 3.33. The molecule has 0 unspecified atom stereocenters. The first kappa shape index (κ1) is 16.7. The number of rotatable bonds is 8. The van der Waals surface area contributed by atoms with Gasteiger partial charge in [0.15, 0.2) is 0 Å². The van der Waals surface area contributed by atoms with Gasteiger partial charge in [0.05, 0.1) is 14.2 Å². The molecule has 0 spiro atoms. The van der Waals surface area contributed by atoms with E-state index in [0.29, 0.717) is 0 Å². The summed E-state index contributed by atoms with van der Waals surface area (Å²) in [5.41, 5.74) is 1.99. The summed E-state index contributed by atoms with van der Waals surface area (Å²) >= 11 is 0. The summed E-state index contributed by atoms with van der Waals surface area (Å²) in [6.45, 7) is 1.47. The minimum absolute atomic E-state index is 0.737. The van der Waals surface area contributed by atoms with Crippen LogP contribution in [0.3, 0.4) is 0 Å². The number of para-hydroxylation sites is 2. The van der Waals surface area contributed by atoms with Crippen molar-refractivity contribution in [1.29, 1.82) is 0 Å². The molecule has 0 aliphatic rings. The van der Waals surface area contributed by atoms with Gasteiger partial charge in [-0.25, -0.2) is 0 Å². The molecule has 4 heteroatoms. The van der Waals surface area contributed by atoms with Crippen LogP contribution >= 0.6 is 0 Å². The Morgan fingerprint density at radius 2 is 1.17 bits per heavy atom. The van der Waals surface area contributed by atoms with Crippen LogP contribution in [0.25, 0.3) is 0 Å². The smallest absolute Gasteiger partial charge is 0.127 e. The Morgan fingerprint density at radius 3 is 1.61 bits per heavy atom. The highest BCUT2D eigenvalue weighted by Gasteiger charge is 1.97. The summed E-state index contributed by atoms with van der Waals surface area (Å²) in [6.07, 6.45) is 4.60. The van der Waals surface area contributed by atoms with Crippen molar-refractivity contribution in [2.24, 2.45) is 9.98 Å². The Morgan fingerprint density at radius 1 is 0.739 bits per heavy atom. The minimum atomic E-state index is 0.737. The third kappa shape index (κ3) is 5.25. The molecule has 0 aliphatic carbocycles. The molecule has 0 atom stereocenters. The zero-order valence-electron chi connectivity index (χ0n) is 13.6. The van der Waals surface area contributed by atoms with E-state index in [2.05, 4.69) is 9.98 Å². The second kappa shape index (κ2) is 9.41. The average Bonchev–Trinajstić information content (AvgIpc) is 2.61. The molecule has 0 aromatic heterocycles. The van der Waals surface area contributed by atoms with Crippen molar-refractivity contribution in [3.63, 3.8) is 0 Å². The van der Waals surface area contributed by atoms with Gasteiger partial charge in [0.2, 0.25) is 0 Å². The van der Waals surface area contributed by atoms with E-state index in [-0.39, 0.29) is 0 Å². The predicted molar refractivity (Wildman–Crippen MR) is 95.5 cm³/mol.